The summed E-state index contributed by atoms with van der Waals surface area (Å²) in [6, 6.07) is -2.02. The molecular weight excluding hydrogens is 601 g/mol. The second kappa shape index (κ2) is 21.8. The van der Waals surface area contributed by atoms with E-state index in [2.05, 4.69) is 22.1 Å². The molecule has 6 amide bonds. The molecule has 0 spiro atoms. The molecule has 1 aliphatic heterocycles. The Morgan fingerprint density at radius 2 is 1.78 bits per heavy atom. The summed E-state index contributed by atoms with van der Waals surface area (Å²) in [4.78, 5) is 47.2. The fourth-order valence-electron chi connectivity index (χ4n) is 2.17. The number of aliphatic hydroxyl groups excluding tert-OH is 6. The molecule has 1 saturated heterocycles. The number of nitrogens with zero attached hydrogens (tertiary/aromatic N) is 3. The molecule has 1 heterocycles. The second-order valence-electron chi connectivity index (χ2n) is 6.59. The smallest absolute Gasteiger partial charge is 0.408 e. The van der Waals surface area contributed by atoms with E-state index in [0.29, 0.717) is 21.2 Å². The zero-order valence-corrected chi connectivity index (χ0v) is 22.1. The maximum atomic E-state index is 11.8. The normalized spacial score (nSPS) is 14.9. The van der Waals surface area contributed by atoms with Gasteiger partial charge in [0.1, 0.15) is 26.9 Å². The van der Waals surface area contributed by atoms with Gasteiger partial charge in [0.05, 0.1) is 12.7 Å². The van der Waals surface area contributed by atoms with Gasteiger partial charge in [0.15, 0.2) is 12.8 Å². The van der Waals surface area contributed by atoms with Crippen LogP contribution in [-0.4, -0.2) is 128 Å². The zero-order valence-electron chi connectivity index (χ0n) is 20.0. The summed E-state index contributed by atoms with van der Waals surface area (Å²) in [6.45, 7) is 0.793. The van der Waals surface area contributed by atoms with E-state index in [0.717, 1.165) is 12.8 Å². The van der Waals surface area contributed by atoms with E-state index in [-0.39, 0.29) is 19.3 Å². The van der Waals surface area contributed by atoms with Crippen LogP contribution in [0.1, 0.15) is 26.7 Å². The first-order chi connectivity index (χ1) is 17.1. The molecule has 36 heavy (non-hydrogen) atoms. The molecule has 2 unspecified atom stereocenters. The average molecular weight is 635 g/mol. The van der Waals surface area contributed by atoms with Crippen LogP contribution in [0.3, 0.4) is 0 Å². The van der Waals surface area contributed by atoms with Crippen LogP contribution in [0.5, 0.6) is 0 Å². The summed E-state index contributed by atoms with van der Waals surface area (Å²) in [7, 11) is 0. The number of rotatable bonds is 10. The van der Waals surface area contributed by atoms with Gasteiger partial charge >= 0.3 is 18.2 Å². The van der Waals surface area contributed by atoms with Crippen LogP contribution < -0.4 is 10.6 Å². The molecule has 0 aromatic heterocycles. The van der Waals surface area contributed by atoms with Gasteiger partial charge in [-0.1, -0.05) is 19.3 Å². The van der Waals surface area contributed by atoms with Crippen molar-refractivity contribution in [3.8, 4) is 9.85 Å². The zero-order chi connectivity index (χ0) is 28.1. The predicted molar refractivity (Wildman–Crippen MR) is 131 cm³/mol. The monoisotopic (exact) mass is 635 g/mol. The first-order valence-electron chi connectivity index (χ1n) is 10.5. The van der Waals surface area contributed by atoms with Crippen LogP contribution in [0.2, 0.25) is 0 Å². The van der Waals surface area contributed by atoms with E-state index >= 15 is 0 Å². The van der Waals surface area contributed by atoms with Gasteiger partial charge in [-0.15, -0.1) is 0 Å². The number of nitrogens with one attached hydrogen (secondary N) is 2. The number of hydrogen-bond donors (Lipinski definition) is 8. The minimum atomic E-state index is -1.60. The van der Waals surface area contributed by atoms with Crippen molar-refractivity contribution in [3.63, 3.8) is 0 Å². The highest BCUT2D eigenvalue weighted by Crippen LogP contribution is 2.19. The van der Waals surface area contributed by atoms with E-state index in [1.165, 1.54) is 6.92 Å². The Labute approximate surface area is 221 Å². The minimum absolute atomic E-state index is 0.139. The van der Waals surface area contributed by atoms with Crippen LogP contribution in [0, 0.1) is 9.85 Å². The van der Waals surface area contributed by atoms with E-state index in [4.69, 9.17) is 35.4 Å². The Bertz CT molecular complexity index is 732. The second-order valence-corrected chi connectivity index (χ2v) is 7.13. The van der Waals surface area contributed by atoms with Gasteiger partial charge in [-0.2, -0.15) is 0 Å². The molecule has 0 aromatic rings. The molecular formula is C19H34IN5O11. The Kier molecular flexibility index (Phi) is 21.6. The Morgan fingerprint density at radius 1 is 1.17 bits per heavy atom. The number of imide groups is 1. The third kappa shape index (κ3) is 13.6. The highest BCUT2D eigenvalue weighted by molar-refractivity contribution is 14.1. The fraction of sp³-hybridized carbons (Fsp3) is 0.684. The van der Waals surface area contributed by atoms with Crippen molar-refractivity contribution in [3.05, 3.63) is 0 Å². The van der Waals surface area contributed by atoms with Crippen molar-refractivity contribution < 1.29 is 54.6 Å². The summed E-state index contributed by atoms with van der Waals surface area (Å²) < 4.78 is 7.31. The lowest BCUT2D eigenvalue weighted by Gasteiger charge is -2.29. The fourth-order valence-corrected chi connectivity index (χ4v) is 2.32. The van der Waals surface area contributed by atoms with Crippen LogP contribution >= 0.6 is 22.6 Å². The molecule has 0 bridgehead atoms. The standard InChI is InChI=1S/C8H12INO2.C8H14N4O7.C3H8O2/c1-2-3-6-10-8(11)12-7-4-5-9;13-1-9-7(18)10(2-14)5-6(17)12(4-16)8(19)11(5)3-15;1-3(5)2-4/h2-3,6-7H2,1H3,(H,10,11);5,13-16H,1-4H2,(H,9,18);3-5H,2H2,1H3. The highest BCUT2D eigenvalue weighted by atomic mass is 127. The average Bonchev–Trinajstić information content (AvgIpc) is 3.09. The van der Waals surface area contributed by atoms with Crippen molar-refractivity contribution >= 4 is 46.7 Å². The van der Waals surface area contributed by atoms with Crippen molar-refractivity contribution in [2.24, 2.45) is 0 Å². The lowest BCUT2D eigenvalue weighted by atomic mass is 10.3. The lowest BCUT2D eigenvalue weighted by molar-refractivity contribution is -0.136. The molecule has 1 rings (SSSR count). The van der Waals surface area contributed by atoms with Crippen LogP contribution in [0.25, 0.3) is 0 Å². The van der Waals surface area contributed by atoms with Gasteiger partial charge in [-0.25, -0.2) is 19.3 Å². The van der Waals surface area contributed by atoms with Crippen molar-refractivity contribution in [2.45, 2.75) is 39.0 Å². The van der Waals surface area contributed by atoms with E-state index in [1.54, 1.807) is 0 Å². The Morgan fingerprint density at radius 3 is 2.19 bits per heavy atom. The first-order valence-corrected chi connectivity index (χ1v) is 11.6. The number of aliphatic hydroxyl groups is 6. The number of carbonyl (C=O) groups is 4. The summed E-state index contributed by atoms with van der Waals surface area (Å²) >= 11 is 1.90. The number of alkyl carbamates (subject to hydrolysis) is 1. The number of unbranched alkanes of at least 4 members (excludes halogenated alkanes) is 1. The van der Waals surface area contributed by atoms with E-state index in [1.807, 2.05) is 27.9 Å². The summed E-state index contributed by atoms with van der Waals surface area (Å²) in [5.41, 5.74) is 0. The number of amides is 6. The molecule has 0 aliphatic carbocycles. The molecule has 1 aliphatic rings. The van der Waals surface area contributed by atoms with Crippen LogP contribution in [0.4, 0.5) is 14.4 Å². The molecule has 0 saturated carbocycles. The van der Waals surface area contributed by atoms with Crippen molar-refractivity contribution in [1.29, 1.82) is 0 Å². The lowest BCUT2D eigenvalue weighted by Crippen LogP contribution is -2.55. The topological polar surface area (TPSA) is 233 Å². The van der Waals surface area contributed by atoms with Gasteiger partial charge in [-0.05, 0) is 17.3 Å². The van der Waals surface area contributed by atoms with E-state index < -0.39 is 57.2 Å². The van der Waals surface area contributed by atoms with Crippen molar-refractivity contribution in [2.75, 3.05) is 46.7 Å². The maximum absolute atomic E-state index is 11.8. The van der Waals surface area contributed by atoms with Gasteiger partial charge in [0.25, 0.3) is 5.91 Å². The molecule has 1 fully saturated rings. The molecule has 8 N–H and O–H groups in total. The molecule has 0 aromatic carbocycles. The minimum Gasteiger partial charge on any atom is -0.436 e. The van der Waals surface area contributed by atoms with Gasteiger partial charge < -0.3 is 46.0 Å². The van der Waals surface area contributed by atoms with Crippen LogP contribution in [0.15, 0.2) is 0 Å². The predicted octanol–water partition coefficient (Wildman–Crippen LogP) is -2.34. The number of carbonyl (C=O) groups excluding carboxylic acids is 4. The van der Waals surface area contributed by atoms with Crippen LogP contribution in [-0.2, 0) is 9.53 Å². The molecule has 17 heteroatoms. The Balaban J connectivity index is 0. The number of urea groups is 2. The third-order valence-electron chi connectivity index (χ3n) is 3.90. The number of halogens is 1. The molecule has 208 valence electrons. The van der Waals surface area contributed by atoms with Gasteiger partial charge in [0, 0.05) is 29.1 Å². The summed E-state index contributed by atoms with van der Waals surface area (Å²) in [5.74, 6) is 1.64. The Hall–Kier alpha value is -2.47. The summed E-state index contributed by atoms with van der Waals surface area (Å²) in [5, 5.41) is 56.1. The molecule has 2 atom stereocenters. The highest BCUT2D eigenvalue weighted by Gasteiger charge is 2.49. The SMILES string of the molecule is CC(O)CO.CCCCNC(=O)OCC#CI.O=C1C(N(CO)C(=O)NCO)N(CO)C(=O)N1CO. The van der Waals surface area contributed by atoms with Crippen molar-refractivity contribution in [1.82, 2.24) is 25.3 Å². The quantitative estimate of drug-likeness (QED) is 0.0417. The maximum Gasteiger partial charge on any atom is 0.408 e. The first kappa shape index (κ1) is 35.7. The molecule has 16 nitrogen and oxygen atoms in total. The largest absolute Gasteiger partial charge is 0.436 e. The summed E-state index contributed by atoms with van der Waals surface area (Å²) in [6.07, 6.45) is -0.500. The third-order valence-corrected chi connectivity index (χ3v) is 4.28. The number of ether oxygens (including phenoxy) is 1. The van der Waals surface area contributed by atoms with Gasteiger partial charge in [0.2, 0.25) is 0 Å². The molecule has 0 radical (unpaired) electrons. The van der Waals surface area contributed by atoms with Gasteiger partial charge in [-0.3, -0.25) is 14.6 Å². The van der Waals surface area contributed by atoms with E-state index in [9.17, 15) is 19.2 Å². The number of hydrogen-bond acceptors (Lipinski definition) is 11.